The van der Waals surface area contributed by atoms with Crippen molar-refractivity contribution < 1.29 is 24.2 Å². The number of ether oxygens (including phenoxy) is 2. The largest absolute Gasteiger partial charge is 0.497 e. The van der Waals surface area contributed by atoms with Crippen LogP contribution in [0.5, 0.6) is 11.5 Å². The van der Waals surface area contributed by atoms with E-state index in [1.54, 1.807) is 31.3 Å². The molecule has 114 valence electrons. The van der Waals surface area contributed by atoms with Crippen LogP contribution in [-0.4, -0.2) is 49.2 Å². The summed E-state index contributed by atoms with van der Waals surface area (Å²) in [6.45, 7) is 3.94. The van der Waals surface area contributed by atoms with Crippen LogP contribution in [0.1, 0.15) is 16.8 Å². The SMILES string of the molecule is C=CCOc1cc(OC)ccc1C(=O)N(C)CCC(=O)O. The molecule has 1 aromatic rings. The van der Waals surface area contributed by atoms with Crippen LogP contribution in [0.3, 0.4) is 0 Å². The molecule has 21 heavy (non-hydrogen) atoms. The number of carboxylic acid groups (broad SMARTS) is 1. The van der Waals surface area contributed by atoms with Crippen molar-refractivity contribution in [3.05, 3.63) is 36.4 Å². The molecule has 6 heteroatoms. The van der Waals surface area contributed by atoms with Gasteiger partial charge in [0.15, 0.2) is 0 Å². The number of amides is 1. The van der Waals surface area contributed by atoms with Gasteiger partial charge in [-0.05, 0) is 12.1 Å². The minimum atomic E-state index is -0.951. The van der Waals surface area contributed by atoms with Crippen molar-refractivity contribution in [2.45, 2.75) is 6.42 Å². The Balaban J connectivity index is 2.95. The van der Waals surface area contributed by atoms with Gasteiger partial charge in [0.05, 0.1) is 19.1 Å². The van der Waals surface area contributed by atoms with Crippen LogP contribution >= 0.6 is 0 Å². The van der Waals surface area contributed by atoms with Crippen LogP contribution in [0.2, 0.25) is 0 Å². The zero-order valence-electron chi connectivity index (χ0n) is 12.2. The summed E-state index contributed by atoms with van der Waals surface area (Å²) in [5.41, 5.74) is 0.352. The van der Waals surface area contributed by atoms with Crippen molar-refractivity contribution in [3.8, 4) is 11.5 Å². The first kappa shape index (κ1) is 16.6. The number of carbonyl (C=O) groups is 2. The zero-order valence-corrected chi connectivity index (χ0v) is 12.2. The van der Waals surface area contributed by atoms with Gasteiger partial charge in [0.2, 0.25) is 0 Å². The lowest BCUT2D eigenvalue weighted by Crippen LogP contribution is -2.29. The molecular formula is C15H19NO5. The summed E-state index contributed by atoms with van der Waals surface area (Å²) in [6, 6.07) is 4.86. The van der Waals surface area contributed by atoms with E-state index in [4.69, 9.17) is 14.6 Å². The molecular weight excluding hydrogens is 274 g/mol. The molecule has 0 saturated heterocycles. The standard InChI is InChI=1S/C15H19NO5/c1-4-9-21-13-10-11(20-3)5-6-12(13)15(19)16(2)8-7-14(17)18/h4-6,10H,1,7-9H2,2-3H3,(H,17,18). The highest BCUT2D eigenvalue weighted by molar-refractivity contribution is 5.97. The fraction of sp³-hybridized carbons (Fsp3) is 0.333. The Morgan fingerprint density at radius 2 is 2.14 bits per heavy atom. The van der Waals surface area contributed by atoms with E-state index >= 15 is 0 Å². The van der Waals surface area contributed by atoms with Crippen molar-refractivity contribution in [1.29, 1.82) is 0 Å². The van der Waals surface area contributed by atoms with Gasteiger partial charge >= 0.3 is 5.97 Å². The van der Waals surface area contributed by atoms with E-state index in [0.29, 0.717) is 17.1 Å². The molecule has 0 spiro atoms. The number of rotatable bonds is 8. The van der Waals surface area contributed by atoms with Crippen molar-refractivity contribution >= 4 is 11.9 Å². The van der Waals surface area contributed by atoms with Gasteiger partial charge in [0.25, 0.3) is 5.91 Å². The molecule has 0 radical (unpaired) electrons. The molecule has 0 aliphatic rings. The van der Waals surface area contributed by atoms with Crippen molar-refractivity contribution in [1.82, 2.24) is 4.90 Å². The average molecular weight is 293 g/mol. The van der Waals surface area contributed by atoms with Gasteiger partial charge in [0.1, 0.15) is 18.1 Å². The van der Waals surface area contributed by atoms with E-state index < -0.39 is 5.97 Å². The van der Waals surface area contributed by atoms with Gasteiger partial charge in [-0.25, -0.2) is 0 Å². The highest BCUT2D eigenvalue weighted by atomic mass is 16.5. The van der Waals surface area contributed by atoms with Crippen LogP contribution in [0.25, 0.3) is 0 Å². The number of methoxy groups -OCH3 is 1. The Labute approximate surface area is 123 Å². The average Bonchev–Trinajstić information content (AvgIpc) is 2.49. The van der Waals surface area contributed by atoms with Gasteiger partial charge in [-0.1, -0.05) is 12.7 Å². The lowest BCUT2D eigenvalue weighted by molar-refractivity contribution is -0.137. The fourth-order valence-electron chi connectivity index (χ4n) is 1.64. The number of hydrogen-bond donors (Lipinski definition) is 1. The predicted molar refractivity (Wildman–Crippen MR) is 77.9 cm³/mol. The maximum absolute atomic E-state index is 12.3. The molecule has 0 saturated carbocycles. The van der Waals surface area contributed by atoms with Gasteiger partial charge < -0.3 is 19.5 Å². The molecule has 1 amide bonds. The van der Waals surface area contributed by atoms with E-state index in [2.05, 4.69) is 6.58 Å². The molecule has 1 N–H and O–H groups in total. The number of benzene rings is 1. The highest BCUT2D eigenvalue weighted by Gasteiger charge is 2.18. The second-order valence-electron chi connectivity index (χ2n) is 4.33. The summed E-state index contributed by atoms with van der Waals surface area (Å²) in [5.74, 6) is -0.314. The van der Waals surface area contributed by atoms with Crippen LogP contribution in [0.15, 0.2) is 30.9 Å². The molecule has 0 bridgehead atoms. The van der Waals surface area contributed by atoms with Crippen molar-refractivity contribution in [3.63, 3.8) is 0 Å². The smallest absolute Gasteiger partial charge is 0.305 e. The minimum absolute atomic E-state index is 0.110. The molecule has 0 aromatic heterocycles. The number of carbonyl (C=O) groups excluding carboxylic acids is 1. The van der Waals surface area contributed by atoms with E-state index in [-0.39, 0.29) is 25.5 Å². The second kappa shape index (κ2) is 7.94. The third-order valence-corrected chi connectivity index (χ3v) is 2.78. The third-order valence-electron chi connectivity index (χ3n) is 2.78. The summed E-state index contributed by atoms with van der Waals surface area (Å²) in [5, 5.41) is 8.66. The Morgan fingerprint density at radius 3 is 2.71 bits per heavy atom. The molecule has 6 nitrogen and oxygen atoms in total. The summed E-state index contributed by atoms with van der Waals surface area (Å²) in [4.78, 5) is 24.2. The molecule has 0 fully saturated rings. The number of hydrogen-bond acceptors (Lipinski definition) is 4. The molecule has 1 aromatic carbocycles. The zero-order chi connectivity index (χ0) is 15.8. The molecule has 0 heterocycles. The number of aliphatic carboxylic acids is 1. The lowest BCUT2D eigenvalue weighted by atomic mass is 10.1. The molecule has 0 unspecified atom stereocenters. The molecule has 1 rings (SSSR count). The van der Waals surface area contributed by atoms with Crippen molar-refractivity contribution in [2.24, 2.45) is 0 Å². The maximum atomic E-state index is 12.3. The van der Waals surface area contributed by atoms with E-state index in [1.807, 2.05) is 0 Å². The Kier molecular flexibility index (Phi) is 6.26. The summed E-state index contributed by atoms with van der Waals surface area (Å²) in [6.07, 6.45) is 1.46. The Bertz CT molecular complexity index is 527. The first-order valence-corrected chi connectivity index (χ1v) is 6.38. The quantitative estimate of drug-likeness (QED) is 0.740. The Morgan fingerprint density at radius 1 is 1.43 bits per heavy atom. The summed E-state index contributed by atoms with van der Waals surface area (Å²) < 4.78 is 10.6. The monoisotopic (exact) mass is 293 g/mol. The van der Waals surface area contributed by atoms with Crippen LogP contribution in [-0.2, 0) is 4.79 Å². The fourth-order valence-corrected chi connectivity index (χ4v) is 1.64. The topological polar surface area (TPSA) is 76.1 Å². The minimum Gasteiger partial charge on any atom is -0.497 e. The van der Waals surface area contributed by atoms with Gasteiger partial charge in [-0.3, -0.25) is 9.59 Å². The second-order valence-corrected chi connectivity index (χ2v) is 4.33. The maximum Gasteiger partial charge on any atom is 0.305 e. The lowest BCUT2D eigenvalue weighted by Gasteiger charge is -2.18. The molecule has 0 aliphatic heterocycles. The molecule has 0 atom stereocenters. The normalized spacial score (nSPS) is 9.81. The molecule has 0 aliphatic carbocycles. The van der Waals surface area contributed by atoms with E-state index in [1.165, 1.54) is 12.0 Å². The van der Waals surface area contributed by atoms with Gasteiger partial charge in [-0.2, -0.15) is 0 Å². The number of carboxylic acids is 1. The third kappa shape index (κ3) is 4.83. The van der Waals surface area contributed by atoms with E-state index in [0.717, 1.165) is 0 Å². The van der Waals surface area contributed by atoms with Crippen LogP contribution < -0.4 is 9.47 Å². The van der Waals surface area contributed by atoms with Crippen LogP contribution in [0, 0.1) is 0 Å². The van der Waals surface area contributed by atoms with Crippen molar-refractivity contribution in [2.75, 3.05) is 27.3 Å². The van der Waals surface area contributed by atoms with Gasteiger partial charge in [0, 0.05) is 19.7 Å². The predicted octanol–water partition coefficient (Wildman–Crippen LogP) is 1.81. The summed E-state index contributed by atoms with van der Waals surface area (Å²) >= 11 is 0. The number of nitrogens with zero attached hydrogens (tertiary/aromatic N) is 1. The Hall–Kier alpha value is -2.50. The first-order chi connectivity index (χ1) is 9.99. The van der Waals surface area contributed by atoms with E-state index in [9.17, 15) is 9.59 Å². The highest BCUT2D eigenvalue weighted by Crippen LogP contribution is 2.26. The van der Waals surface area contributed by atoms with Gasteiger partial charge in [-0.15, -0.1) is 0 Å². The van der Waals surface area contributed by atoms with Crippen LogP contribution in [0.4, 0.5) is 0 Å². The summed E-state index contributed by atoms with van der Waals surface area (Å²) in [7, 11) is 3.07. The first-order valence-electron chi connectivity index (χ1n) is 6.38.